The standard InChI is InChI=1S/C20H27N5O4/c1-13(2)7-8-21-19(28)20(3)12-25-16(18(27)24(20)4)10-15(23-25)17(26)22-11-14-6-5-9-29-14/h5-6,9-10,13H,7-8,11-12H2,1-4H3,(H,21,28)(H,22,26)/t20-/m1/s1. The second-order valence-electron chi connectivity index (χ2n) is 7.91. The summed E-state index contributed by atoms with van der Waals surface area (Å²) in [5, 5.41) is 9.88. The first-order valence-electron chi connectivity index (χ1n) is 9.67. The Labute approximate surface area is 169 Å². The van der Waals surface area contributed by atoms with Gasteiger partial charge in [0.2, 0.25) is 5.91 Å². The van der Waals surface area contributed by atoms with E-state index in [4.69, 9.17) is 4.42 Å². The second kappa shape index (κ2) is 8.10. The molecule has 0 aromatic carbocycles. The number of hydrogen-bond acceptors (Lipinski definition) is 5. The largest absolute Gasteiger partial charge is 0.467 e. The Morgan fingerprint density at radius 3 is 2.76 bits per heavy atom. The minimum atomic E-state index is -1.09. The molecule has 29 heavy (non-hydrogen) atoms. The molecule has 0 radical (unpaired) electrons. The van der Waals surface area contributed by atoms with Crippen molar-refractivity contribution >= 4 is 17.7 Å². The SMILES string of the molecule is CC(C)CCNC(=O)[C@@]1(C)Cn2nc(C(=O)NCc3ccco3)cc2C(=O)N1C. The highest BCUT2D eigenvalue weighted by Crippen LogP contribution is 2.26. The Balaban J connectivity index is 1.73. The first kappa shape index (κ1) is 20.6. The molecule has 0 saturated carbocycles. The molecule has 2 N–H and O–H groups in total. The van der Waals surface area contributed by atoms with Gasteiger partial charge in [0.25, 0.3) is 11.8 Å². The predicted octanol–water partition coefficient (Wildman–Crippen LogP) is 1.41. The smallest absolute Gasteiger partial charge is 0.272 e. The van der Waals surface area contributed by atoms with Gasteiger partial charge in [-0.1, -0.05) is 13.8 Å². The molecule has 1 atom stereocenters. The molecule has 2 aromatic rings. The van der Waals surface area contributed by atoms with Crippen LogP contribution < -0.4 is 10.6 Å². The van der Waals surface area contributed by atoms with Crippen molar-refractivity contribution in [3.63, 3.8) is 0 Å². The lowest BCUT2D eigenvalue weighted by Crippen LogP contribution is -2.62. The van der Waals surface area contributed by atoms with E-state index in [2.05, 4.69) is 29.6 Å². The second-order valence-corrected chi connectivity index (χ2v) is 7.91. The zero-order chi connectivity index (χ0) is 21.2. The number of rotatable bonds is 7. The molecular formula is C20H27N5O4. The lowest BCUT2D eigenvalue weighted by molar-refractivity contribution is -0.132. The molecule has 9 heteroatoms. The summed E-state index contributed by atoms with van der Waals surface area (Å²) in [6.45, 7) is 6.80. The molecule has 1 aliphatic rings. The molecule has 0 fully saturated rings. The van der Waals surface area contributed by atoms with Crippen LogP contribution in [0.2, 0.25) is 0 Å². The van der Waals surface area contributed by atoms with Crippen LogP contribution in [0.25, 0.3) is 0 Å². The van der Waals surface area contributed by atoms with E-state index in [0.29, 0.717) is 18.2 Å². The first-order chi connectivity index (χ1) is 13.7. The normalized spacial score (nSPS) is 18.7. The monoisotopic (exact) mass is 401 g/mol. The fourth-order valence-corrected chi connectivity index (χ4v) is 3.17. The molecule has 9 nitrogen and oxygen atoms in total. The van der Waals surface area contributed by atoms with Crippen LogP contribution in [0, 0.1) is 5.92 Å². The highest BCUT2D eigenvalue weighted by molar-refractivity contribution is 6.01. The zero-order valence-electron chi connectivity index (χ0n) is 17.2. The lowest BCUT2D eigenvalue weighted by atomic mass is 9.95. The molecule has 0 bridgehead atoms. The van der Waals surface area contributed by atoms with Crippen molar-refractivity contribution in [3.8, 4) is 0 Å². The molecule has 0 unspecified atom stereocenters. The van der Waals surface area contributed by atoms with Crippen molar-refractivity contribution in [2.24, 2.45) is 5.92 Å². The van der Waals surface area contributed by atoms with Crippen molar-refractivity contribution in [2.45, 2.75) is 45.8 Å². The number of fused-ring (bicyclic) bond motifs is 1. The van der Waals surface area contributed by atoms with Crippen LogP contribution in [-0.4, -0.2) is 51.5 Å². The van der Waals surface area contributed by atoms with Gasteiger partial charge in [0, 0.05) is 19.7 Å². The van der Waals surface area contributed by atoms with Crippen molar-refractivity contribution in [1.29, 1.82) is 0 Å². The third kappa shape index (κ3) is 4.18. The number of hydrogen-bond donors (Lipinski definition) is 2. The fraction of sp³-hybridized carbons (Fsp3) is 0.500. The van der Waals surface area contributed by atoms with Gasteiger partial charge in [0.05, 0.1) is 19.4 Å². The summed E-state index contributed by atoms with van der Waals surface area (Å²) in [6.07, 6.45) is 2.38. The van der Waals surface area contributed by atoms with Crippen LogP contribution in [-0.2, 0) is 17.9 Å². The topological polar surface area (TPSA) is 109 Å². The number of likely N-dealkylation sites (N-methyl/N-ethyl adjacent to an activating group) is 1. The number of carbonyl (C=O) groups excluding carboxylic acids is 3. The summed E-state index contributed by atoms with van der Waals surface area (Å²) in [5.41, 5.74) is -0.685. The van der Waals surface area contributed by atoms with E-state index in [0.717, 1.165) is 6.42 Å². The van der Waals surface area contributed by atoms with Gasteiger partial charge < -0.3 is 20.0 Å². The molecule has 156 valence electrons. The van der Waals surface area contributed by atoms with E-state index in [9.17, 15) is 14.4 Å². The van der Waals surface area contributed by atoms with Gasteiger partial charge in [-0.25, -0.2) is 0 Å². The number of nitrogens with zero attached hydrogens (tertiary/aromatic N) is 3. The molecule has 3 heterocycles. The summed E-state index contributed by atoms with van der Waals surface area (Å²) in [4.78, 5) is 39.5. The Hall–Kier alpha value is -3.10. The third-order valence-corrected chi connectivity index (χ3v) is 5.23. The van der Waals surface area contributed by atoms with Crippen molar-refractivity contribution < 1.29 is 18.8 Å². The van der Waals surface area contributed by atoms with E-state index >= 15 is 0 Å². The van der Waals surface area contributed by atoms with E-state index in [1.807, 2.05) is 0 Å². The Bertz CT molecular complexity index is 902. The van der Waals surface area contributed by atoms with Crippen molar-refractivity contribution in [2.75, 3.05) is 13.6 Å². The lowest BCUT2D eigenvalue weighted by Gasteiger charge is -2.40. The van der Waals surface area contributed by atoms with E-state index in [1.165, 1.54) is 21.9 Å². The number of furan rings is 1. The maximum absolute atomic E-state index is 12.8. The minimum Gasteiger partial charge on any atom is -0.467 e. The molecule has 3 rings (SSSR count). The zero-order valence-corrected chi connectivity index (χ0v) is 17.2. The van der Waals surface area contributed by atoms with Crippen LogP contribution in [0.5, 0.6) is 0 Å². The average Bonchev–Trinajstić information content (AvgIpc) is 3.33. The fourth-order valence-electron chi connectivity index (χ4n) is 3.17. The molecule has 1 aliphatic heterocycles. The van der Waals surface area contributed by atoms with E-state index in [1.54, 1.807) is 26.1 Å². The van der Waals surface area contributed by atoms with Crippen LogP contribution >= 0.6 is 0 Å². The van der Waals surface area contributed by atoms with E-state index < -0.39 is 11.4 Å². The Morgan fingerprint density at radius 2 is 2.10 bits per heavy atom. The Morgan fingerprint density at radius 1 is 1.34 bits per heavy atom. The van der Waals surface area contributed by atoms with Gasteiger partial charge in [-0.05, 0) is 31.4 Å². The summed E-state index contributed by atoms with van der Waals surface area (Å²) >= 11 is 0. The van der Waals surface area contributed by atoms with Gasteiger partial charge in [0.15, 0.2) is 5.69 Å². The van der Waals surface area contributed by atoms with Crippen LogP contribution in [0.15, 0.2) is 28.9 Å². The minimum absolute atomic E-state index is 0.123. The van der Waals surface area contributed by atoms with Gasteiger partial charge in [-0.3, -0.25) is 19.1 Å². The summed E-state index contributed by atoms with van der Waals surface area (Å²) in [6, 6.07) is 4.94. The quantitative estimate of drug-likeness (QED) is 0.729. The Kier molecular flexibility index (Phi) is 5.76. The number of nitrogens with one attached hydrogen (secondary N) is 2. The van der Waals surface area contributed by atoms with Crippen molar-refractivity contribution in [1.82, 2.24) is 25.3 Å². The molecule has 0 saturated heterocycles. The highest BCUT2D eigenvalue weighted by atomic mass is 16.3. The van der Waals surface area contributed by atoms with Crippen LogP contribution in [0.1, 0.15) is 53.9 Å². The number of aromatic nitrogens is 2. The average molecular weight is 401 g/mol. The van der Waals surface area contributed by atoms with Gasteiger partial charge in [-0.15, -0.1) is 0 Å². The third-order valence-electron chi connectivity index (χ3n) is 5.23. The molecule has 3 amide bonds. The molecule has 0 spiro atoms. The molecule has 0 aliphatic carbocycles. The van der Waals surface area contributed by atoms with Crippen LogP contribution in [0.4, 0.5) is 0 Å². The molecule has 2 aromatic heterocycles. The van der Waals surface area contributed by atoms with Gasteiger partial charge >= 0.3 is 0 Å². The molecular weight excluding hydrogens is 374 g/mol. The summed E-state index contributed by atoms with van der Waals surface area (Å²) < 4.78 is 6.62. The first-order valence-corrected chi connectivity index (χ1v) is 9.67. The van der Waals surface area contributed by atoms with Gasteiger partial charge in [0.1, 0.15) is 17.0 Å². The maximum atomic E-state index is 12.8. The van der Waals surface area contributed by atoms with Crippen molar-refractivity contribution in [3.05, 3.63) is 41.6 Å². The number of carbonyl (C=O) groups is 3. The van der Waals surface area contributed by atoms with Crippen LogP contribution in [0.3, 0.4) is 0 Å². The van der Waals surface area contributed by atoms with E-state index in [-0.39, 0.29) is 36.3 Å². The number of amides is 3. The highest BCUT2D eigenvalue weighted by Gasteiger charge is 2.46. The van der Waals surface area contributed by atoms with Gasteiger partial charge in [-0.2, -0.15) is 5.10 Å². The maximum Gasteiger partial charge on any atom is 0.272 e. The predicted molar refractivity (Wildman–Crippen MR) is 105 cm³/mol. The summed E-state index contributed by atoms with van der Waals surface area (Å²) in [5.74, 6) is 0.0775. The summed E-state index contributed by atoms with van der Waals surface area (Å²) in [7, 11) is 1.59.